The Hall–Kier alpha value is -1.05. The minimum atomic E-state index is 0.541. The van der Waals surface area contributed by atoms with Gasteiger partial charge in [0, 0.05) is 30.1 Å². The molecule has 1 fully saturated rings. The molecule has 0 amide bonds. The molecular formula is C14H18BrN3. The maximum Gasteiger partial charge on any atom is 0.101 e. The number of halogens is 1. The lowest BCUT2D eigenvalue weighted by Gasteiger charge is -2.40. The highest BCUT2D eigenvalue weighted by Gasteiger charge is 2.23. The summed E-state index contributed by atoms with van der Waals surface area (Å²) in [5.41, 5.74) is 1.81. The van der Waals surface area contributed by atoms with Crippen LogP contribution < -0.4 is 4.90 Å². The summed E-state index contributed by atoms with van der Waals surface area (Å²) < 4.78 is 0.961. The first-order chi connectivity index (χ1) is 8.65. The van der Waals surface area contributed by atoms with Crippen molar-refractivity contribution in [1.29, 1.82) is 5.26 Å². The first-order valence-corrected chi connectivity index (χ1v) is 7.13. The van der Waals surface area contributed by atoms with Crippen molar-refractivity contribution < 1.29 is 0 Å². The lowest BCUT2D eigenvalue weighted by atomic mass is 10.1. The molecule has 1 atom stereocenters. The van der Waals surface area contributed by atoms with E-state index in [0.717, 1.165) is 41.9 Å². The number of hydrogen-bond donors (Lipinski definition) is 0. The molecule has 96 valence electrons. The van der Waals surface area contributed by atoms with Gasteiger partial charge < -0.3 is 4.90 Å². The van der Waals surface area contributed by atoms with Crippen LogP contribution in [-0.2, 0) is 0 Å². The Balaban J connectivity index is 2.21. The van der Waals surface area contributed by atoms with Gasteiger partial charge in [0.25, 0.3) is 0 Å². The first-order valence-electron chi connectivity index (χ1n) is 6.34. The Kier molecular flexibility index (Phi) is 4.26. The van der Waals surface area contributed by atoms with Crippen LogP contribution in [0.5, 0.6) is 0 Å². The second-order valence-electron chi connectivity index (χ2n) is 4.70. The Bertz CT molecular complexity index is 467. The molecule has 4 heteroatoms. The van der Waals surface area contributed by atoms with E-state index >= 15 is 0 Å². The Morgan fingerprint density at radius 2 is 2.22 bits per heavy atom. The molecule has 18 heavy (non-hydrogen) atoms. The lowest BCUT2D eigenvalue weighted by Crippen LogP contribution is -2.51. The molecule has 3 nitrogen and oxygen atoms in total. The maximum absolute atomic E-state index is 9.23. The molecule has 0 N–H and O–H groups in total. The number of nitriles is 1. The quantitative estimate of drug-likeness (QED) is 0.841. The highest BCUT2D eigenvalue weighted by Crippen LogP contribution is 2.26. The average molecular weight is 308 g/mol. The minimum absolute atomic E-state index is 0.541. The predicted octanol–water partition coefficient (Wildman–Crippen LogP) is 2.85. The summed E-state index contributed by atoms with van der Waals surface area (Å²) in [7, 11) is 0. The third-order valence-electron chi connectivity index (χ3n) is 3.59. The Morgan fingerprint density at radius 3 is 2.83 bits per heavy atom. The van der Waals surface area contributed by atoms with E-state index in [1.165, 1.54) is 0 Å². The van der Waals surface area contributed by atoms with Gasteiger partial charge in [-0.3, -0.25) is 4.90 Å². The van der Waals surface area contributed by atoms with E-state index in [9.17, 15) is 5.26 Å². The van der Waals surface area contributed by atoms with E-state index in [0.29, 0.717) is 6.04 Å². The van der Waals surface area contributed by atoms with Crippen LogP contribution in [-0.4, -0.2) is 37.1 Å². The summed E-state index contributed by atoms with van der Waals surface area (Å²) in [6.07, 6.45) is 0. The zero-order chi connectivity index (χ0) is 13.1. The van der Waals surface area contributed by atoms with E-state index in [1.54, 1.807) is 0 Å². The molecule has 1 aliphatic rings. The van der Waals surface area contributed by atoms with Crippen molar-refractivity contribution in [2.24, 2.45) is 0 Å². The summed E-state index contributed by atoms with van der Waals surface area (Å²) in [5, 5.41) is 9.23. The lowest BCUT2D eigenvalue weighted by molar-refractivity contribution is 0.199. The fourth-order valence-corrected chi connectivity index (χ4v) is 2.92. The average Bonchev–Trinajstić information content (AvgIpc) is 2.38. The number of nitrogens with zero attached hydrogens (tertiary/aromatic N) is 3. The second-order valence-corrected chi connectivity index (χ2v) is 5.61. The fraction of sp³-hybridized carbons (Fsp3) is 0.500. The van der Waals surface area contributed by atoms with Gasteiger partial charge in [0.15, 0.2) is 0 Å². The molecule has 1 unspecified atom stereocenters. The Labute approximate surface area is 117 Å². The van der Waals surface area contributed by atoms with Crippen LogP contribution in [0, 0.1) is 11.3 Å². The zero-order valence-corrected chi connectivity index (χ0v) is 12.4. The molecule has 2 rings (SSSR count). The first kappa shape index (κ1) is 13.4. The van der Waals surface area contributed by atoms with Gasteiger partial charge in [-0.2, -0.15) is 5.26 Å². The SMILES string of the molecule is CCN1CCN(c2ccc(Br)cc2C#N)CC1C. The monoisotopic (exact) mass is 307 g/mol. The van der Waals surface area contributed by atoms with Gasteiger partial charge in [0.1, 0.15) is 6.07 Å². The van der Waals surface area contributed by atoms with Crippen molar-refractivity contribution in [3.8, 4) is 6.07 Å². The molecule has 1 heterocycles. The van der Waals surface area contributed by atoms with Crippen molar-refractivity contribution >= 4 is 21.6 Å². The van der Waals surface area contributed by atoms with Gasteiger partial charge in [-0.05, 0) is 31.7 Å². The van der Waals surface area contributed by atoms with Crippen molar-refractivity contribution in [1.82, 2.24) is 4.90 Å². The molecule has 0 aromatic heterocycles. The van der Waals surface area contributed by atoms with Gasteiger partial charge in [-0.15, -0.1) is 0 Å². The summed E-state index contributed by atoms with van der Waals surface area (Å²) >= 11 is 3.42. The predicted molar refractivity (Wildman–Crippen MR) is 77.8 cm³/mol. The highest BCUT2D eigenvalue weighted by atomic mass is 79.9. The second kappa shape index (κ2) is 5.73. The molecule has 1 aliphatic heterocycles. The largest absolute Gasteiger partial charge is 0.368 e. The van der Waals surface area contributed by atoms with Gasteiger partial charge in [-0.1, -0.05) is 22.9 Å². The van der Waals surface area contributed by atoms with E-state index in [4.69, 9.17) is 0 Å². The smallest absolute Gasteiger partial charge is 0.101 e. The van der Waals surface area contributed by atoms with Gasteiger partial charge in [0.05, 0.1) is 11.3 Å². The van der Waals surface area contributed by atoms with Crippen molar-refractivity contribution in [3.05, 3.63) is 28.2 Å². The van der Waals surface area contributed by atoms with Gasteiger partial charge >= 0.3 is 0 Å². The van der Waals surface area contributed by atoms with Crippen LogP contribution >= 0.6 is 15.9 Å². The molecular weight excluding hydrogens is 290 g/mol. The van der Waals surface area contributed by atoms with Gasteiger partial charge in [-0.25, -0.2) is 0 Å². The summed E-state index contributed by atoms with van der Waals surface area (Å²) in [5.74, 6) is 0. The third-order valence-corrected chi connectivity index (χ3v) is 4.08. The van der Waals surface area contributed by atoms with Crippen LogP contribution in [0.1, 0.15) is 19.4 Å². The summed E-state index contributed by atoms with van der Waals surface area (Å²) in [6, 6.07) is 8.77. The van der Waals surface area contributed by atoms with E-state index in [-0.39, 0.29) is 0 Å². The maximum atomic E-state index is 9.23. The number of benzene rings is 1. The summed E-state index contributed by atoms with van der Waals surface area (Å²) in [4.78, 5) is 4.79. The van der Waals surface area contributed by atoms with Crippen LogP contribution in [0.2, 0.25) is 0 Å². The highest BCUT2D eigenvalue weighted by molar-refractivity contribution is 9.10. The van der Waals surface area contributed by atoms with Crippen LogP contribution in [0.15, 0.2) is 22.7 Å². The third kappa shape index (κ3) is 2.68. The van der Waals surface area contributed by atoms with Crippen LogP contribution in [0.3, 0.4) is 0 Å². The molecule has 1 aromatic rings. The van der Waals surface area contributed by atoms with Crippen LogP contribution in [0.4, 0.5) is 5.69 Å². The standard InChI is InChI=1S/C14H18BrN3/c1-3-17-6-7-18(10-11(17)2)14-5-4-13(15)8-12(14)9-16/h4-5,8,11H,3,6-7,10H2,1-2H3. The molecule has 0 spiro atoms. The zero-order valence-electron chi connectivity index (χ0n) is 10.9. The van der Waals surface area contributed by atoms with Crippen molar-refractivity contribution in [2.75, 3.05) is 31.1 Å². The number of hydrogen-bond acceptors (Lipinski definition) is 3. The van der Waals surface area contributed by atoms with E-state index in [2.05, 4.69) is 45.6 Å². The number of rotatable bonds is 2. The molecule has 0 saturated carbocycles. The number of anilines is 1. The van der Waals surface area contributed by atoms with Gasteiger partial charge in [0.2, 0.25) is 0 Å². The van der Waals surface area contributed by atoms with E-state index in [1.807, 2.05) is 18.2 Å². The minimum Gasteiger partial charge on any atom is -0.368 e. The fourth-order valence-electron chi connectivity index (χ4n) is 2.56. The topological polar surface area (TPSA) is 30.3 Å². The summed E-state index contributed by atoms with van der Waals surface area (Å²) in [6.45, 7) is 8.60. The molecule has 1 saturated heterocycles. The number of likely N-dealkylation sites (N-methyl/N-ethyl adjacent to an activating group) is 1. The molecule has 0 aliphatic carbocycles. The number of piperazine rings is 1. The molecule has 0 bridgehead atoms. The van der Waals surface area contributed by atoms with Crippen LogP contribution in [0.25, 0.3) is 0 Å². The Morgan fingerprint density at radius 1 is 1.44 bits per heavy atom. The molecule has 0 radical (unpaired) electrons. The molecule has 1 aromatic carbocycles. The van der Waals surface area contributed by atoms with E-state index < -0.39 is 0 Å². The van der Waals surface area contributed by atoms with Crippen molar-refractivity contribution in [2.45, 2.75) is 19.9 Å². The van der Waals surface area contributed by atoms with Crippen molar-refractivity contribution in [3.63, 3.8) is 0 Å². The normalized spacial score (nSPS) is 20.8.